The van der Waals surface area contributed by atoms with Crippen molar-refractivity contribution in [2.75, 3.05) is 0 Å². The number of nitrogens with zero attached hydrogens (tertiary/aromatic N) is 2. The Morgan fingerprint density at radius 2 is 1.95 bits per heavy atom. The minimum Gasteiger partial charge on any atom is -0.481 e. The van der Waals surface area contributed by atoms with E-state index in [4.69, 9.17) is 5.11 Å². The number of benzene rings is 1. The maximum Gasteiger partial charge on any atom is 0.309 e. The van der Waals surface area contributed by atoms with Crippen LogP contribution in [0.15, 0.2) is 30.5 Å². The number of carbonyl (C=O) groups is 1. The van der Waals surface area contributed by atoms with Gasteiger partial charge in [0.2, 0.25) is 0 Å². The first-order chi connectivity index (χ1) is 8.97. The SMILES string of the molecule is CC(C)c1ccc(-c2cn(C)nc2CC(=O)O)cc1. The summed E-state index contributed by atoms with van der Waals surface area (Å²) in [5.41, 5.74) is 3.77. The molecule has 0 aliphatic carbocycles. The zero-order valence-corrected chi connectivity index (χ0v) is 11.4. The average molecular weight is 258 g/mol. The first-order valence-electron chi connectivity index (χ1n) is 6.32. The van der Waals surface area contributed by atoms with E-state index >= 15 is 0 Å². The number of rotatable bonds is 4. The number of hydrogen-bond acceptors (Lipinski definition) is 2. The molecule has 0 spiro atoms. The molecule has 0 fully saturated rings. The van der Waals surface area contributed by atoms with Crippen molar-refractivity contribution < 1.29 is 9.90 Å². The lowest BCUT2D eigenvalue weighted by atomic mass is 9.98. The molecule has 0 aliphatic rings. The molecule has 1 heterocycles. The van der Waals surface area contributed by atoms with Crippen LogP contribution >= 0.6 is 0 Å². The molecule has 0 bridgehead atoms. The summed E-state index contributed by atoms with van der Waals surface area (Å²) in [7, 11) is 1.80. The van der Waals surface area contributed by atoms with Crippen LogP contribution in [0, 0.1) is 0 Å². The monoisotopic (exact) mass is 258 g/mol. The summed E-state index contributed by atoms with van der Waals surface area (Å²) in [4.78, 5) is 10.9. The van der Waals surface area contributed by atoms with Crippen molar-refractivity contribution in [3.8, 4) is 11.1 Å². The molecular formula is C15H18N2O2. The molecule has 1 N–H and O–H groups in total. The van der Waals surface area contributed by atoms with Crippen LogP contribution in [-0.2, 0) is 18.3 Å². The van der Waals surface area contributed by atoms with Crippen LogP contribution in [-0.4, -0.2) is 20.9 Å². The van der Waals surface area contributed by atoms with Gasteiger partial charge in [-0.3, -0.25) is 9.48 Å². The summed E-state index contributed by atoms with van der Waals surface area (Å²) in [5, 5.41) is 13.1. The first-order valence-corrected chi connectivity index (χ1v) is 6.32. The topological polar surface area (TPSA) is 55.1 Å². The number of carboxylic acid groups (broad SMARTS) is 1. The lowest BCUT2D eigenvalue weighted by Gasteiger charge is -2.06. The smallest absolute Gasteiger partial charge is 0.309 e. The molecule has 0 aliphatic heterocycles. The molecule has 0 atom stereocenters. The second kappa shape index (κ2) is 5.26. The molecule has 2 aromatic rings. The number of carboxylic acids is 1. The van der Waals surface area contributed by atoms with Crippen LogP contribution in [0.3, 0.4) is 0 Å². The third kappa shape index (κ3) is 3.02. The normalized spacial score (nSPS) is 10.9. The van der Waals surface area contributed by atoms with Gasteiger partial charge in [-0.15, -0.1) is 0 Å². The first kappa shape index (κ1) is 13.3. The maximum absolute atomic E-state index is 10.9. The summed E-state index contributed by atoms with van der Waals surface area (Å²) in [6.07, 6.45) is 1.81. The van der Waals surface area contributed by atoms with Crippen LogP contribution in [0.25, 0.3) is 11.1 Å². The van der Waals surface area contributed by atoms with Crippen molar-refractivity contribution in [2.24, 2.45) is 7.05 Å². The highest BCUT2D eigenvalue weighted by molar-refractivity contribution is 5.75. The van der Waals surface area contributed by atoms with Crippen LogP contribution in [0.5, 0.6) is 0 Å². The lowest BCUT2D eigenvalue weighted by Crippen LogP contribution is -2.02. The molecule has 4 heteroatoms. The van der Waals surface area contributed by atoms with Gasteiger partial charge in [-0.1, -0.05) is 38.1 Å². The zero-order chi connectivity index (χ0) is 14.0. The Morgan fingerprint density at radius 1 is 1.32 bits per heavy atom. The highest BCUT2D eigenvalue weighted by atomic mass is 16.4. The standard InChI is InChI=1S/C15H18N2O2/c1-10(2)11-4-6-12(7-5-11)13-9-17(3)16-14(13)8-15(18)19/h4-7,9-10H,8H2,1-3H3,(H,18,19). The van der Waals surface area contributed by atoms with Crippen molar-refractivity contribution >= 4 is 5.97 Å². The van der Waals surface area contributed by atoms with Gasteiger partial charge in [0, 0.05) is 18.8 Å². The molecule has 4 nitrogen and oxygen atoms in total. The van der Waals surface area contributed by atoms with E-state index in [0.29, 0.717) is 11.6 Å². The molecule has 2 rings (SSSR count). The Balaban J connectivity index is 2.38. The van der Waals surface area contributed by atoms with E-state index in [0.717, 1.165) is 11.1 Å². The number of aromatic nitrogens is 2. The van der Waals surface area contributed by atoms with Gasteiger partial charge < -0.3 is 5.11 Å². The summed E-state index contributed by atoms with van der Waals surface area (Å²) in [6, 6.07) is 8.21. The van der Waals surface area contributed by atoms with Gasteiger partial charge in [-0.05, 0) is 17.0 Å². The quantitative estimate of drug-likeness (QED) is 0.917. The number of aryl methyl sites for hydroxylation is 1. The van der Waals surface area contributed by atoms with E-state index in [1.165, 1.54) is 5.56 Å². The molecule has 0 saturated carbocycles. The van der Waals surface area contributed by atoms with E-state index in [2.05, 4.69) is 31.1 Å². The third-order valence-electron chi connectivity index (χ3n) is 3.11. The van der Waals surface area contributed by atoms with Gasteiger partial charge in [-0.2, -0.15) is 5.10 Å². The number of hydrogen-bond donors (Lipinski definition) is 1. The van der Waals surface area contributed by atoms with Gasteiger partial charge in [0.15, 0.2) is 0 Å². The van der Waals surface area contributed by atoms with Gasteiger partial charge in [-0.25, -0.2) is 0 Å². The molecule has 0 unspecified atom stereocenters. The Kier molecular flexibility index (Phi) is 3.69. The largest absolute Gasteiger partial charge is 0.481 e. The molecule has 0 amide bonds. The highest BCUT2D eigenvalue weighted by Gasteiger charge is 2.13. The Bertz CT molecular complexity index is 583. The molecule has 0 saturated heterocycles. The second-order valence-electron chi connectivity index (χ2n) is 5.01. The van der Waals surface area contributed by atoms with Crippen molar-refractivity contribution in [2.45, 2.75) is 26.2 Å². The van der Waals surface area contributed by atoms with Crippen LogP contribution in [0.2, 0.25) is 0 Å². The summed E-state index contributed by atoms with van der Waals surface area (Å²) in [6.45, 7) is 4.30. The minimum absolute atomic E-state index is 0.0535. The van der Waals surface area contributed by atoms with E-state index in [1.54, 1.807) is 11.7 Å². The van der Waals surface area contributed by atoms with E-state index in [1.807, 2.05) is 18.3 Å². The summed E-state index contributed by atoms with van der Waals surface area (Å²) < 4.78 is 1.66. The van der Waals surface area contributed by atoms with Gasteiger partial charge in [0.05, 0.1) is 12.1 Å². The number of aliphatic carboxylic acids is 1. The average Bonchev–Trinajstić information content (AvgIpc) is 2.69. The Labute approximate surface area is 112 Å². The fourth-order valence-corrected chi connectivity index (χ4v) is 2.10. The van der Waals surface area contributed by atoms with Gasteiger partial charge in [0.25, 0.3) is 0 Å². The lowest BCUT2D eigenvalue weighted by molar-refractivity contribution is -0.136. The third-order valence-corrected chi connectivity index (χ3v) is 3.11. The van der Waals surface area contributed by atoms with E-state index in [-0.39, 0.29) is 6.42 Å². The molecule has 100 valence electrons. The predicted octanol–water partition coefficient (Wildman–Crippen LogP) is 2.84. The minimum atomic E-state index is -0.862. The molecule has 1 aromatic carbocycles. The fraction of sp³-hybridized carbons (Fsp3) is 0.333. The Hall–Kier alpha value is -2.10. The predicted molar refractivity (Wildman–Crippen MR) is 74.1 cm³/mol. The molecular weight excluding hydrogens is 240 g/mol. The highest BCUT2D eigenvalue weighted by Crippen LogP contribution is 2.25. The van der Waals surface area contributed by atoms with Crippen molar-refractivity contribution in [3.63, 3.8) is 0 Å². The second-order valence-corrected chi connectivity index (χ2v) is 5.01. The van der Waals surface area contributed by atoms with Crippen LogP contribution in [0.4, 0.5) is 0 Å². The molecule has 19 heavy (non-hydrogen) atoms. The molecule has 1 aromatic heterocycles. The molecule has 0 radical (unpaired) electrons. The summed E-state index contributed by atoms with van der Waals surface area (Å²) >= 11 is 0. The van der Waals surface area contributed by atoms with Gasteiger partial charge >= 0.3 is 5.97 Å². The zero-order valence-electron chi connectivity index (χ0n) is 11.4. The van der Waals surface area contributed by atoms with E-state index < -0.39 is 5.97 Å². The van der Waals surface area contributed by atoms with Crippen molar-refractivity contribution in [1.29, 1.82) is 0 Å². The van der Waals surface area contributed by atoms with Crippen LogP contribution < -0.4 is 0 Å². The fourth-order valence-electron chi connectivity index (χ4n) is 2.10. The maximum atomic E-state index is 10.9. The van der Waals surface area contributed by atoms with E-state index in [9.17, 15) is 4.79 Å². The van der Waals surface area contributed by atoms with Gasteiger partial charge in [0.1, 0.15) is 0 Å². The Morgan fingerprint density at radius 3 is 2.47 bits per heavy atom. The van der Waals surface area contributed by atoms with Crippen molar-refractivity contribution in [1.82, 2.24) is 9.78 Å². The van der Waals surface area contributed by atoms with Crippen LogP contribution in [0.1, 0.15) is 31.0 Å². The summed E-state index contributed by atoms with van der Waals surface area (Å²) in [5.74, 6) is -0.375. The van der Waals surface area contributed by atoms with Crippen molar-refractivity contribution in [3.05, 3.63) is 41.7 Å².